The summed E-state index contributed by atoms with van der Waals surface area (Å²) in [5, 5.41) is 11.2. The van der Waals surface area contributed by atoms with Crippen molar-refractivity contribution in [3.05, 3.63) is 30.5 Å². The Hall–Kier alpha value is -2.64. The number of nitrogens with zero attached hydrogens (tertiary/aromatic N) is 6. The summed E-state index contributed by atoms with van der Waals surface area (Å²) < 4.78 is 2.05. The van der Waals surface area contributed by atoms with Crippen molar-refractivity contribution in [2.45, 2.75) is 32.2 Å². The summed E-state index contributed by atoms with van der Waals surface area (Å²) >= 11 is 0. The van der Waals surface area contributed by atoms with Gasteiger partial charge in [-0.25, -0.2) is 9.78 Å². The predicted molar refractivity (Wildman–Crippen MR) is 96.8 cm³/mol. The normalized spacial score (nSPS) is 17.4. The van der Waals surface area contributed by atoms with E-state index in [1.165, 1.54) is 0 Å². The molecule has 1 fully saturated rings. The molecule has 2 aromatic rings. The standard InChI is InChI=1S/C17H25N7O/c1-4-23-12-19-21-16(23)13-6-5-9-24(11-13)17(25)20-14-7-8-15(18-10-14)22(2)3/h7-8,10,12-13H,4-6,9,11H2,1-3H3,(H,20,25)/t13-/m1/s1. The third-order valence-corrected chi connectivity index (χ3v) is 4.52. The molecule has 0 radical (unpaired) electrons. The molecule has 0 spiro atoms. The molecule has 1 aliphatic heterocycles. The summed E-state index contributed by atoms with van der Waals surface area (Å²) in [5.41, 5.74) is 0.703. The van der Waals surface area contributed by atoms with E-state index in [4.69, 9.17) is 0 Å². The summed E-state index contributed by atoms with van der Waals surface area (Å²) in [6, 6.07) is 3.67. The van der Waals surface area contributed by atoms with Gasteiger partial charge in [0.15, 0.2) is 0 Å². The van der Waals surface area contributed by atoms with Crippen molar-refractivity contribution >= 4 is 17.5 Å². The van der Waals surface area contributed by atoms with Gasteiger partial charge in [0.05, 0.1) is 11.9 Å². The van der Waals surface area contributed by atoms with Crippen LogP contribution in [-0.2, 0) is 6.54 Å². The van der Waals surface area contributed by atoms with Gasteiger partial charge in [-0.3, -0.25) is 0 Å². The lowest BCUT2D eigenvalue weighted by atomic mass is 9.97. The Balaban J connectivity index is 1.64. The fourth-order valence-electron chi connectivity index (χ4n) is 3.12. The van der Waals surface area contributed by atoms with Crippen molar-refractivity contribution in [1.82, 2.24) is 24.6 Å². The number of carbonyl (C=O) groups excluding carboxylic acids is 1. The van der Waals surface area contributed by atoms with Crippen LogP contribution < -0.4 is 10.2 Å². The van der Waals surface area contributed by atoms with Gasteiger partial charge in [-0.2, -0.15) is 0 Å². The van der Waals surface area contributed by atoms with Gasteiger partial charge in [-0.15, -0.1) is 10.2 Å². The van der Waals surface area contributed by atoms with E-state index in [9.17, 15) is 4.79 Å². The Kier molecular flexibility index (Phi) is 5.16. The summed E-state index contributed by atoms with van der Waals surface area (Å²) in [6.45, 7) is 4.33. The fraction of sp³-hybridized carbons (Fsp3) is 0.529. The highest BCUT2D eigenvalue weighted by molar-refractivity contribution is 5.89. The van der Waals surface area contributed by atoms with E-state index in [1.807, 2.05) is 36.0 Å². The first kappa shape index (κ1) is 17.2. The number of hydrogen-bond donors (Lipinski definition) is 1. The number of anilines is 2. The Morgan fingerprint density at radius 3 is 2.92 bits per heavy atom. The van der Waals surface area contributed by atoms with Crippen LogP contribution in [-0.4, -0.2) is 57.9 Å². The van der Waals surface area contributed by atoms with Gasteiger partial charge in [0, 0.05) is 39.6 Å². The lowest BCUT2D eigenvalue weighted by molar-refractivity contribution is 0.190. The molecule has 25 heavy (non-hydrogen) atoms. The Morgan fingerprint density at radius 1 is 1.40 bits per heavy atom. The van der Waals surface area contributed by atoms with Crippen LogP contribution in [0.15, 0.2) is 24.7 Å². The zero-order valence-electron chi connectivity index (χ0n) is 15.0. The highest BCUT2D eigenvalue weighted by Crippen LogP contribution is 2.26. The maximum Gasteiger partial charge on any atom is 0.321 e. The largest absolute Gasteiger partial charge is 0.363 e. The van der Waals surface area contributed by atoms with Crippen LogP contribution in [0.1, 0.15) is 31.5 Å². The van der Waals surface area contributed by atoms with Crippen LogP contribution in [0.25, 0.3) is 0 Å². The van der Waals surface area contributed by atoms with Crippen molar-refractivity contribution in [3.8, 4) is 0 Å². The molecule has 0 aliphatic carbocycles. The average Bonchev–Trinajstić information content (AvgIpc) is 3.11. The van der Waals surface area contributed by atoms with Gasteiger partial charge >= 0.3 is 6.03 Å². The highest BCUT2D eigenvalue weighted by Gasteiger charge is 2.27. The number of urea groups is 1. The van der Waals surface area contributed by atoms with Crippen molar-refractivity contribution < 1.29 is 4.79 Å². The van der Waals surface area contributed by atoms with Crippen LogP contribution >= 0.6 is 0 Å². The summed E-state index contributed by atoms with van der Waals surface area (Å²) in [5.74, 6) is 2.06. The zero-order valence-corrected chi connectivity index (χ0v) is 15.0. The molecule has 0 bridgehead atoms. The summed E-state index contributed by atoms with van der Waals surface area (Å²) in [7, 11) is 3.87. The van der Waals surface area contributed by atoms with E-state index in [0.717, 1.165) is 37.6 Å². The van der Waals surface area contributed by atoms with Gasteiger partial charge in [0.25, 0.3) is 0 Å². The monoisotopic (exact) mass is 343 g/mol. The molecule has 2 aromatic heterocycles. The maximum absolute atomic E-state index is 12.6. The van der Waals surface area contributed by atoms with E-state index in [1.54, 1.807) is 12.5 Å². The molecule has 3 rings (SSSR count). The quantitative estimate of drug-likeness (QED) is 0.920. The molecule has 134 valence electrons. The number of aryl methyl sites for hydroxylation is 1. The van der Waals surface area contributed by atoms with Crippen molar-refractivity contribution in [2.75, 3.05) is 37.4 Å². The van der Waals surface area contributed by atoms with Crippen LogP contribution in [0, 0.1) is 0 Å². The topological polar surface area (TPSA) is 79.2 Å². The van der Waals surface area contributed by atoms with E-state index >= 15 is 0 Å². The Bertz CT molecular complexity index is 710. The lowest BCUT2D eigenvalue weighted by Gasteiger charge is -2.32. The van der Waals surface area contributed by atoms with Crippen LogP contribution in [0.5, 0.6) is 0 Å². The molecular formula is C17H25N7O. The first-order valence-electron chi connectivity index (χ1n) is 8.65. The molecular weight excluding hydrogens is 318 g/mol. The number of pyridine rings is 1. The average molecular weight is 343 g/mol. The maximum atomic E-state index is 12.6. The van der Waals surface area contributed by atoms with E-state index < -0.39 is 0 Å². The molecule has 0 saturated carbocycles. The number of carbonyl (C=O) groups is 1. The third kappa shape index (κ3) is 3.89. The third-order valence-electron chi connectivity index (χ3n) is 4.52. The molecule has 1 saturated heterocycles. The minimum absolute atomic E-state index is 0.0910. The number of likely N-dealkylation sites (tertiary alicyclic amines) is 1. The van der Waals surface area contributed by atoms with Gasteiger partial charge in [0.2, 0.25) is 0 Å². The number of amides is 2. The van der Waals surface area contributed by atoms with Crippen LogP contribution in [0.4, 0.5) is 16.3 Å². The molecule has 8 heteroatoms. The van der Waals surface area contributed by atoms with Crippen molar-refractivity contribution in [3.63, 3.8) is 0 Å². The minimum atomic E-state index is -0.0910. The Morgan fingerprint density at radius 2 is 2.24 bits per heavy atom. The van der Waals surface area contributed by atoms with Crippen molar-refractivity contribution in [2.24, 2.45) is 0 Å². The minimum Gasteiger partial charge on any atom is -0.363 e. The number of rotatable bonds is 4. The SMILES string of the molecule is CCn1cnnc1[C@@H]1CCCN(C(=O)Nc2ccc(N(C)C)nc2)C1. The zero-order chi connectivity index (χ0) is 17.8. The molecule has 3 heterocycles. The van der Waals surface area contributed by atoms with Gasteiger partial charge in [-0.1, -0.05) is 0 Å². The first-order chi connectivity index (χ1) is 12.1. The number of hydrogen-bond acceptors (Lipinski definition) is 5. The summed E-state index contributed by atoms with van der Waals surface area (Å²) in [6.07, 6.45) is 5.43. The Labute approximate surface area is 147 Å². The summed E-state index contributed by atoms with van der Waals surface area (Å²) in [4.78, 5) is 20.7. The molecule has 0 unspecified atom stereocenters. The lowest BCUT2D eigenvalue weighted by Crippen LogP contribution is -2.42. The molecule has 1 atom stereocenters. The van der Waals surface area contributed by atoms with Crippen LogP contribution in [0.3, 0.4) is 0 Å². The molecule has 8 nitrogen and oxygen atoms in total. The molecule has 2 amide bonds. The van der Waals surface area contributed by atoms with E-state index in [-0.39, 0.29) is 11.9 Å². The highest BCUT2D eigenvalue weighted by atomic mass is 16.2. The van der Waals surface area contributed by atoms with E-state index in [0.29, 0.717) is 12.2 Å². The second-order valence-electron chi connectivity index (χ2n) is 6.49. The van der Waals surface area contributed by atoms with Crippen LogP contribution in [0.2, 0.25) is 0 Å². The second kappa shape index (κ2) is 7.50. The number of piperidine rings is 1. The molecule has 1 N–H and O–H groups in total. The van der Waals surface area contributed by atoms with Gasteiger partial charge in [0.1, 0.15) is 18.0 Å². The van der Waals surface area contributed by atoms with Gasteiger partial charge in [-0.05, 0) is 31.9 Å². The van der Waals surface area contributed by atoms with E-state index in [2.05, 4.69) is 32.0 Å². The number of aromatic nitrogens is 4. The smallest absolute Gasteiger partial charge is 0.321 e. The number of nitrogens with one attached hydrogen (secondary N) is 1. The fourth-order valence-corrected chi connectivity index (χ4v) is 3.12. The van der Waals surface area contributed by atoms with Gasteiger partial charge < -0.3 is 19.7 Å². The molecule has 0 aromatic carbocycles. The predicted octanol–water partition coefficient (Wildman–Crippen LogP) is 2.17. The second-order valence-corrected chi connectivity index (χ2v) is 6.49. The van der Waals surface area contributed by atoms with Crippen molar-refractivity contribution in [1.29, 1.82) is 0 Å². The molecule has 1 aliphatic rings. The first-order valence-corrected chi connectivity index (χ1v) is 8.65.